The van der Waals surface area contributed by atoms with Gasteiger partial charge in [0.2, 0.25) is 0 Å². The van der Waals surface area contributed by atoms with E-state index < -0.39 is 10.0 Å². The van der Waals surface area contributed by atoms with Crippen LogP contribution in [-0.4, -0.2) is 22.6 Å². The first-order valence-corrected chi connectivity index (χ1v) is 8.62. The summed E-state index contributed by atoms with van der Waals surface area (Å²) in [4.78, 5) is -0.0915. The van der Waals surface area contributed by atoms with E-state index in [1.165, 1.54) is 38.4 Å². The molecule has 0 radical (unpaired) electrons. The fourth-order valence-corrected chi connectivity index (χ4v) is 3.96. The lowest BCUT2D eigenvalue weighted by Crippen LogP contribution is -2.27. The summed E-state index contributed by atoms with van der Waals surface area (Å²) in [6.07, 6.45) is 0. The molecule has 0 aliphatic rings. The molecule has 0 bridgehead atoms. The van der Waals surface area contributed by atoms with Crippen molar-refractivity contribution >= 4 is 50.5 Å². The minimum absolute atomic E-state index is 0.0808. The smallest absolute Gasteiger partial charge is 0.265 e. The first kappa shape index (κ1) is 17.2. The number of rotatable bonds is 4. The number of halogens is 3. The minimum Gasteiger partial charge on any atom is -0.495 e. The maximum Gasteiger partial charge on any atom is 0.265 e. The van der Waals surface area contributed by atoms with Gasteiger partial charge in [-0.15, -0.1) is 0 Å². The van der Waals surface area contributed by atoms with E-state index in [0.717, 1.165) is 4.31 Å². The topological polar surface area (TPSA) is 46.6 Å². The van der Waals surface area contributed by atoms with Gasteiger partial charge in [-0.1, -0.05) is 34.8 Å². The Kier molecular flexibility index (Phi) is 5.12. The monoisotopic (exact) mass is 379 g/mol. The van der Waals surface area contributed by atoms with Crippen molar-refractivity contribution in [1.29, 1.82) is 0 Å². The van der Waals surface area contributed by atoms with E-state index in [4.69, 9.17) is 39.5 Å². The van der Waals surface area contributed by atoms with E-state index in [9.17, 15) is 8.42 Å². The second kappa shape index (κ2) is 6.54. The quantitative estimate of drug-likeness (QED) is 0.785. The number of nitrogens with zero attached hydrogens (tertiary/aromatic N) is 1. The molecule has 0 saturated heterocycles. The van der Waals surface area contributed by atoms with Gasteiger partial charge in [0, 0.05) is 17.1 Å². The Morgan fingerprint density at radius 3 is 2.23 bits per heavy atom. The molecular formula is C14H12Cl3NO3S. The molecule has 22 heavy (non-hydrogen) atoms. The Morgan fingerprint density at radius 2 is 1.59 bits per heavy atom. The first-order chi connectivity index (χ1) is 10.3. The molecule has 118 valence electrons. The van der Waals surface area contributed by atoms with E-state index in [1.807, 2.05) is 0 Å². The van der Waals surface area contributed by atoms with Crippen LogP contribution in [0.1, 0.15) is 0 Å². The van der Waals surface area contributed by atoms with Gasteiger partial charge in [0.15, 0.2) is 0 Å². The van der Waals surface area contributed by atoms with E-state index in [0.29, 0.717) is 16.5 Å². The lowest BCUT2D eigenvalue weighted by Gasteiger charge is -2.22. The average molecular weight is 381 g/mol. The van der Waals surface area contributed by atoms with E-state index in [2.05, 4.69) is 0 Å². The van der Waals surface area contributed by atoms with Crippen molar-refractivity contribution in [3.63, 3.8) is 0 Å². The molecule has 0 N–H and O–H groups in total. The van der Waals surface area contributed by atoms with Crippen LogP contribution >= 0.6 is 34.8 Å². The number of methoxy groups -OCH3 is 1. The highest BCUT2D eigenvalue weighted by Crippen LogP contribution is 2.35. The highest BCUT2D eigenvalue weighted by molar-refractivity contribution is 7.93. The summed E-state index contributed by atoms with van der Waals surface area (Å²) < 4.78 is 31.8. The fraction of sp³-hybridized carbons (Fsp3) is 0.143. The molecule has 2 rings (SSSR count). The van der Waals surface area contributed by atoms with Crippen molar-refractivity contribution in [3.8, 4) is 5.75 Å². The lowest BCUT2D eigenvalue weighted by molar-refractivity contribution is 0.416. The van der Waals surface area contributed by atoms with Crippen LogP contribution in [0.2, 0.25) is 15.1 Å². The Balaban J connectivity index is 2.59. The molecule has 0 atom stereocenters. The molecule has 0 aromatic heterocycles. The van der Waals surface area contributed by atoms with Gasteiger partial charge in [-0.05, 0) is 36.4 Å². The summed E-state index contributed by atoms with van der Waals surface area (Å²) in [5.41, 5.74) is 0.297. The predicted octanol–water partition coefficient (Wildman–Crippen LogP) is 4.48. The van der Waals surface area contributed by atoms with Gasteiger partial charge in [-0.3, -0.25) is 4.31 Å². The van der Waals surface area contributed by atoms with Crippen LogP contribution in [0.15, 0.2) is 41.3 Å². The van der Waals surface area contributed by atoms with Gasteiger partial charge >= 0.3 is 0 Å². The number of sulfonamides is 1. The van der Waals surface area contributed by atoms with Gasteiger partial charge in [-0.25, -0.2) is 8.42 Å². The van der Waals surface area contributed by atoms with Gasteiger partial charge < -0.3 is 4.74 Å². The van der Waals surface area contributed by atoms with E-state index in [-0.39, 0.29) is 14.9 Å². The minimum atomic E-state index is -3.92. The first-order valence-electron chi connectivity index (χ1n) is 6.05. The summed E-state index contributed by atoms with van der Waals surface area (Å²) in [6.45, 7) is 0. The maximum absolute atomic E-state index is 12.8. The number of benzene rings is 2. The highest BCUT2D eigenvalue weighted by Gasteiger charge is 2.26. The van der Waals surface area contributed by atoms with Gasteiger partial charge in [0.05, 0.1) is 17.8 Å². The molecular weight excluding hydrogens is 369 g/mol. The molecule has 0 unspecified atom stereocenters. The molecule has 2 aromatic rings. The normalized spacial score (nSPS) is 11.3. The third-order valence-corrected chi connectivity index (χ3v) is 5.74. The maximum atomic E-state index is 12.8. The average Bonchev–Trinajstić information content (AvgIpc) is 2.48. The molecule has 4 nitrogen and oxygen atoms in total. The number of hydrogen-bond donors (Lipinski definition) is 0. The van der Waals surface area contributed by atoms with Crippen LogP contribution in [0.4, 0.5) is 5.69 Å². The molecule has 2 aromatic carbocycles. The molecule has 0 spiro atoms. The molecule has 0 saturated carbocycles. The summed E-state index contributed by atoms with van der Waals surface area (Å²) >= 11 is 17.8. The van der Waals surface area contributed by atoms with Crippen LogP contribution in [0.5, 0.6) is 5.75 Å². The Labute approximate surface area is 144 Å². The zero-order valence-corrected chi connectivity index (χ0v) is 14.8. The third kappa shape index (κ3) is 3.27. The summed E-state index contributed by atoms with van der Waals surface area (Å²) in [6, 6.07) is 8.94. The largest absolute Gasteiger partial charge is 0.495 e. The fourth-order valence-electron chi connectivity index (χ4n) is 1.86. The van der Waals surface area contributed by atoms with Gasteiger partial charge in [0.25, 0.3) is 10.0 Å². The molecule has 0 amide bonds. The molecule has 0 aliphatic carbocycles. The summed E-state index contributed by atoms with van der Waals surface area (Å²) in [5, 5.41) is 0.738. The number of ether oxygens (including phenoxy) is 1. The van der Waals surface area contributed by atoms with Crippen LogP contribution < -0.4 is 9.04 Å². The summed E-state index contributed by atoms with van der Waals surface area (Å²) in [7, 11) is -1.08. The van der Waals surface area contributed by atoms with E-state index >= 15 is 0 Å². The zero-order valence-electron chi connectivity index (χ0n) is 11.7. The van der Waals surface area contributed by atoms with Crippen molar-refractivity contribution in [2.75, 3.05) is 18.5 Å². The second-order valence-electron chi connectivity index (χ2n) is 4.36. The molecule has 8 heteroatoms. The zero-order chi connectivity index (χ0) is 16.5. The Hall–Kier alpha value is -1.14. The number of anilines is 1. The number of hydrogen-bond acceptors (Lipinski definition) is 3. The van der Waals surface area contributed by atoms with Crippen LogP contribution in [0, 0.1) is 0 Å². The Bertz CT molecular complexity index is 809. The van der Waals surface area contributed by atoms with Crippen molar-refractivity contribution in [3.05, 3.63) is 51.5 Å². The van der Waals surface area contributed by atoms with Crippen LogP contribution in [0.3, 0.4) is 0 Å². The van der Waals surface area contributed by atoms with Gasteiger partial charge in [0.1, 0.15) is 10.6 Å². The second-order valence-corrected chi connectivity index (χ2v) is 7.58. The standard InChI is InChI=1S/C14H12Cl3NO3S/c1-18(12-7-9(15)4-6-13(12)21-2)22(19,20)14-8-10(16)3-5-11(14)17/h3-8H,1-2H3. The van der Waals surface area contributed by atoms with Crippen molar-refractivity contribution in [2.24, 2.45) is 0 Å². The SMILES string of the molecule is COc1ccc(Cl)cc1N(C)S(=O)(=O)c1cc(Cl)ccc1Cl. The van der Waals surface area contributed by atoms with E-state index in [1.54, 1.807) is 12.1 Å². The van der Waals surface area contributed by atoms with Crippen LogP contribution in [-0.2, 0) is 10.0 Å². The Morgan fingerprint density at radius 1 is 1.00 bits per heavy atom. The van der Waals surface area contributed by atoms with Crippen molar-refractivity contribution < 1.29 is 13.2 Å². The van der Waals surface area contributed by atoms with Crippen molar-refractivity contribution in [1.82, 2.24) is 0 Å². The third-order valence-electron chi connectivity index (χ3n) is 3.01. The highest BCUT2D eigenvalue weighted by atomic mass is 35.5. The van der Waals surface area contributed by atoms with Crippen molar-refractivity contribution in [2.45, 2.75) is 4.90 Å². The predicted molar refractivity (Wildman–Crippen MR) is 90.1 cm³/mol. The molecule has 0 fully saturated rings. The molecule has 0 aliphatic heterocycles. The molecule has 0 heterocycles. The lowest BCUT2D eigenvalue weighted by atomic mass is 10.3. The van der Waals surface area contributed by atoms with Crippen LogP contribution in [0.25, 0.3) is 0 Å². The summed E-state index contributed by atoms with van der Waals surface area (Å²) in [5.74, 6) is 0.369. The van der Waals surface area contributed by atoms with Gasteiger partial charge in [-0.2, -0.15) is 0 Å².